The van der Waals surface area contributed by atoms with Crippen LogP contribution in [0.15, 0.2) is 54.6 Å². The van der Waals surface area contributed by atoms with Crippen molar-refractivity contribution in [3.8, 4) is 5.75 Å². The van der Waals surface area contributed by atoms with E-state index >= 15 is 0 Å². The molecule has 0 unspecified atom stereocenters. The molecule has 1 aliphatic carbocycles. The van der Waals surface area contributed by atoms with E-state index in [4.69, 9.17) is 4.74 Å². The first-order chi connectivity index (χ1) is 9.90. The lowest BCUT2D eigenvalue weighted by molar-refractivity contribution is 0.210. The van der Waals surface area contributed by atoms with Gasteiger partial charge in [-0.15, -0.1) is 0 Å². The third-order valence-electron chi connectivity index (χ3n) is 3.80. The average Bonchev–Trinajstić information content (AvgIpc) is 3.01. The molecule has 0 heterocycles. The quantitative estimate of drug-likeness (QED) is 0.853. The Morgan fingerprint density at radius 2 is 1.60 bits per heavy atom. The van der Waals surface area contributed by atoms with Crippen LogP contribution < -0.4 is 10.1 Å². The van der Waals surface area contributed by atoms with Crippen LogP contribution in [0.5, 0.6) is 5.75 Å². The van der Waals surface area contributed by atoms with Crippen LogP contribution in [0.3, 0.4) is 0 Å². The number of anilines is 1. The van der Waals surface area contributed by atoms with Gasteiger partial charge >= 0.3 is 0 Å². The summed E-state index contributed by atoms with van der Waals surface area (Å²) >= 11 is 0. The summed E-state index contributed by atoms with van der Waals surface area (Å²) in [7, 11) is 0. The first kappa shape index (κ1) is 13.0. The fourth-order valence-electron chi connectivity index (χ4n) is 2.64. The Kier molecular flexibility index (Phi) is 4.22. The lowest BCUT2D eigenvalue weighted by atomic mass is 10.2. The number of hydrogen-bond donors (Lipinski definition) is 1. The smallest absolute Gasteiger partial charge is 0.119 e. The molecular formula is C18H21NO. The van der Waals surface area contributed by atoms with Gasteiger partial charge in [0.25, 0.3) is 0 Å². The molecule has 1 saturated carbocycles. The molecule has 0 saturated heterocycles. The molecule has 2 aromatic rings. The van der Waals surface area contributed by atoms with E-state index in [0.717, 1.165) is 18.0 Å². The summed E-state index contributed by atoms with van der Waals surface area (Å²) in [6.07, 6.45) is 5.46. The highest BCUT2D eigenvalue weighted by molar-refractivity contribution is 5.43. The number of ether oxygens (including phenoxy) is 1. The lowest BCUT2D eigenvalue weighted by Crippen LogP contribution is -2.10. The van der Waals surface area contributed by atoms with Crippen molar-refractivity contribution in [1.82, 2.24) is 0 Å². The number of hydrogen-bond acceptors (Lipinski definition) is 2. The molecule has 2 aromatic carbocycles. The van der Waals surface area contributed by atoms with Crippen molar-refractivity contribution in [1.29, 1.82) is 0 Å². The van der Waals surface area contributed by atoms with Gasteiger partial charge in [-0.1, -0.05) is 30.3 Å². The fraction of sp³-hybridized carbons (Fsp3) is 0.333. The predicted octanol–water partition coefficient (Wildman–Crippen LogP) is 4.62. The summed E-state index contributed by atoms with van der Waals surface area (Å²) in [6.45, 7) is 0.841. The number of para-hydroxylation sites is 1. The molecule has 0 atom stereocenters. The molecule has 0 aromatic heterocycles. The Bertz CT molecular complexity index is 515. The van der Waals surface area contributed by atoms with Gasteiger partial charge in [0.15, 0.2) is 0 Å². The first-order valence-corrected chi connectivity index (χ1v) is 7.45. The fourth-order valence-corrected chi connectivity index (χ4v) is 2.64. The van der Waals surface area contributed by atoms with Crippen LogP contribution in [0.1, 0.15) is 31.2 Å². The topological polar surface area (TPSA) is 21.3 Å². The van der Waals surface area contributed by atoms with Crippen LogP contribution in [-0.2, 0) is 6.54 Å². The Morgan fingerprint density at radius 1 is 0.900 bits per heavy atom. The largest absolute Gasteiger partial charge is 0.490 e. The second-order valence-corrected chi connectivity index (χ2v) is 5.39. The zero-order valence-corrected chi connectivity index (χ0v) is 11.7. The molecule has 0 aliphatic heterocycles. The van der Waals surface area contributed by atoms with Crippen LogP contribution in [0.25, 0.3) is 0 Å². The first-order valence-electron chi connectivity index (χ1n) is 7.45. The van der Waals surface area contributed by atoms with Gasteiger partial charge in [0.2, 0.25) is 0 Å². The third-order valence-corrected chi connectivity index (χ3v) is 3.80. The van der Waals surface area contributed by atoms with Gasteiger partial charge < -0.3 is 10.1 Å². The molecule has 1 fully saturated rings. The average molecular weight is 267 g/mol. The second kappa shape index (κ2) is 6.47. The molecule has 20 heavy (non-hydrogen) atoms. The van der Waals surface area contributed by atoms with Gasteiger partial charge in [-0.3, -0.25) is 0 Å². The maximum atomic E-state index is 5.97. The standard InChI is InChI=1S/C18H21NO/c1-2-6-16(7-3-1)19-14-15-10-12-18(13-11-15)20-17-8-4-5-9-17/h1-3,6-7,10-13,17,19H,4-5,8-9,14H2. The van der Waals surface area contributed by atoms with Crippen molar-refractivity contribution in [3.05, 3.63) is 60.2 Å². The minimum atomic E-state index is 0.434. The molecule has 0 amide bonds. The van der Waals surface area contributed by atoms with Gasteiger partial charge in [-0.2, -0.15) is 0 Å². The van der Waals surface area contributed by atoms with Crippen LogP contribution in [0, 0.1) is 0 Å². The molecule has 2 heteroatoms. The highest BCUT2D eigenvalue weighted by Crippen LogP contribution is 2.24. The van der Waals surface area contributed by atoms with E-state index in [2.05, 4.69) is 41.7 Å². The molecule has 1 aliphatic rings. The van der Waals surface area contributed by atoms with E-state index in [1.807, 2.05) is 18.2 Å². The van der Waals surface area contributed by atoms with Crippen molar-refractivity contribution in [2.24, 2.45) is 0 Å². The van der Waals surface area contributed by atoms with Crippen LogP contribution >= 0.6 is 0 Å². The summed E-state index contributed by atoms with van der Waals surface area (Å²) in [5.41, 5.74) is 2.42. The Morgan fingerprint density at radius 3 is 2.30 bits per heavy atom. The molecular weight excluding hydrogens is 246 g/mol. The maximum absolute atomic E-state index is 5.97. The third kappa shape index (κ3) is 3.53. The molecule has 0 spiro atoms. The molecule has 0 bridgehead atoms. The predicted molar refractivity (Wildman–Crippen MR) is 83.1 cm³/mol. The van der Waals surface area contributed by atoms with Crippen molar-refractivity contribution in [2.75, 3.05) is 5.32 Å². The minimum absolute atomic E-state index is 0.434. The van der Waals surface area contributed by atoms with Gasteiger partial charge in [0.1, 0.15) is 5.75 Å². The Labute approximate surface area is 120 Å². The molecule has 3 rings (SSSR count). The zero-order valence-electron chi connectivity index (χ0n) is 11.7. The van der Waals surface area contributed by atoms with Crippen molar-refractivity contribution >= 4 is 5.69 Å². The van der Waals surface area contributed by atoms with Gasteiger partial charge in [-0.05, 0) is 55.5 Å². The number of benzene rings is 2. The highest BCUT2D eigenvalue weighted by atomic mass is 16.5. The van der Waals surface area contributed by atoms with Gasteiger partial charge in [0, 0.05) is 12.2 Å². The van der Waals surface area contributed by atoms with Crippen molar-refractivity contribution in [2.45, 2.75) is 38.3 Å². The molecule has 2 nitrogen and oxygen atoms in total. The van der Waals surface area contributed by atoms with Crippen molar-refractivity contribution < 1.29 is 4.74 Å². The Balaban J connectivity index is 1.53. The normalized spacial score (nSPS) is 15.2. The zero-order chi connectivity index (χ0) is 13.6. The SMILES string of the molecule is c1ccc(NCc2ccc(OC3CCCC3)cc2)cc1. The van der Waals surface area contributed by atoms with Gasteiger partial charge in [0.05, 0.1) is 6.10 Å². The van der Waals surface area contributed by atoms with E-state index < -0.39 is 0 Å². The van der Waals surface area contributed by atoms with Gasteiger partial charge in [-0.25, -0.2) is 0 Å². The summed E-state index contributed by atoms with van der Waals surface area (Å²) < 4.78 is 5.97. The summed E-state index contributed by atoms with van der Waals surface area (Å²) in [6, 6.07) is 18.7. The monoisotopic (exact) mass is 267 g/mol. The molecule has 104 valence electrons. The Hall–Kier alpha value is -1.96. The van der Waals surface area contributed by atoms with Crippen LogP contribution in [0.2, 0.25) is 0 Å². The summed E-state index contributed by atoms with van der Waals surface area (Å²) in [5.74, 6) is 1.00. The number of nitrogens with one attached hydrogen (secondary N) is 1. The minimum Gasteiger partial charge on any atom is -0.490 e. The van der Waals surface area contributed by atoms with Crippen molar-refractivity contribution in [3.63, 3.8) is 0 Å². The van der Waals surface area contributed by atoms with E-state index in [-0.39, 0.29) is 0 Å². The highest BCUT2D eigenvalue weighted by Gasteiger charge is 2.16. The molecule has 0 radical (unpaired) electrons. The number of rotatable bonds is 5. The summed E-state index contributed by atoms with van der Waals surface area (Å²) in [4.78, 5) is 0. The maximum Gasteiger partial charge on any atom is 0.119 e. The van der Waals surface area contributed by atoms with E-state index in [0.29, 0.717) is 6.10 Å². The van der Waals surface area contributed by atoms with E-state index in [9.17, 15) is 0 Å². The van der Waals surface area contributed by atoms with E-state index in [1.54, 1.807) is 0 Å². The molecule has 1 N–H and O–H groups in total. The van der Waals surface area contributed by atoms with E-state index in [1.165, 1.54) is 31.2 Å². The second-order valence-electron chi connectivity index (χ2n) is 5.39. The van der Waals surface area contributed by atoms with Crippen LogP contribution in [0.4, 0.5) is 5.69 Å². The lowest BCUT2D eigenvalue weighted by Gasteiger charge is -2.13. The van der Waals surface area contributed by atoms with Crippen LogP contribution in [-0.4, -0.2) is 6.10 Å². The summed E-state index contributed by atoms with van der Waals surface area (Å²) in [5, 5.41) is 3.41.